The van der Waals surface area contributed by atoms with Gasteiger partial charge in [0.2, 0.25) is 11.8 Å². The second-order valence-corrected chi connectivity index (χ2v) is 8.44. The summed E-state index contributed by atoms with van der Waals surface area (Å²) in [6.45, 7) is 0.172. The lowest BCUT2D eigenvalue weighted by Gasteiger charge is -2.33. The normalized spacial score (nSPS) is 15.2. The van der Waals surface area contributed by atoms with Crippen molar-refractivity contribution in [2.45, 2.75) is 50.7 Å². The van der Waals surface area contributed by atoms with Gasteiger partial charge in [0.25, 0.3) is 0 Å². The Bertz CT molecular complexity index is 900. The van der Waals surface area contributed by atoms with Crippen molar-refractivity contribution >= 4 is 35.0 Å². The van der Waals surface area contributed by atoms with Crippen LogP contribution >= 0.6 is 23.2 Å². The zero-order chi connectivity index (χ0) is 22.2. The lowest BCUT2D eigenvalue weighted by atomic mass is 9.94. The highest BCUT2D eigenvalue weighted by Gasteiger charge is 2.33. The third-order valence-corrected chi connectivity index (χ3v) is 6.25. The van der Waals surface area contributed by atoms with Crippen molar-refractivity contribution < 1.29 is 14.3 Å². The van der Waals surface area contributed by atoms with Gasteiger partial charge in [0.05, 0.1) is 7.11 Å². The van der Waals surface area contributed by atoms with E-state index in [9.17, 15) is 9.59 Å². The molecular weight excluding hydrogens is 435 g/mol. The number of hydrogen-bond donors (Lipinski definition) is 1. The van der Waals surface area contributed by atoms with Gasteiger partial charge in [0.15, 0.2) is 0 Å². The molecule has 1 fully saturated rings. The van der Waals surface area contributed by atoms with Crippen LogP contribution in [0.4, 0.5) is 0 Å². The maximum atomic E-state index is 13.5. The van der Waals surface area contributed by atoms with Crippen molar-refractivity contribution in [3.05, 3.63) is 64.7 Å². The molecule has 0 aromatic heterocycles. The first-order valence-electron chi connectivity index (χ1n) is 10.6. The molecule has 2 aromatic rings. The van der Waals surface area contributed by atoms with Gasteiger partial charge in [0, 0.05) is 17.6 Å². The number of hydrogen-bond acceptors (Lipinski definition) is 3. The summed E-state index contributed by atoms with van der Waals surface area (Å²) in [4.78, 5) is 28.0. The fraction of sp³-hybridized carbons (Fsp3) is 0.417. The zero-order valence-corrected chi connectivity index (χ0v) is 19.2. The molecule has 0 spiro atoms. The maximum absolute atomic E-state index is 13.5. The third kappa shape index (κ3) is 6.14. The van der Waals surface area contributed by atoms with Crippen LogP contribution < -0.4 is 10.1 Å². The van der Waals surface area contributed by atoms with Crippen LogP contribution in [-0.2, 0) is 16.1 Å². The molecular formula is C24H28Cl2N2O3. The molecule has 0 saturated heterocycles. The molecule has 3 rings (SSSR count). The number of benzene rings is 2. The lowest BCUT2D eigenvalue weighted by molar-refractivity contribution is -0.140. The molecule has 2 aromatic carbocycles. The van der Waals surface area contributed by atoms with Crippen LogP contribution in [0.15, 0.2) is 48.5 Å². The summed E-state index contributed by atoms with van der Waals surface area (Å²) in [6, 6.07) is 13.8. The van der Waals surface area contributed by atoms with E-state index in [2.05, 4.69) is 5.32 Å². The van der Waals surface area contributed by atoms with Gasteiger partial charge in [-0.25, -0.2) is 0 Å². The van der Waals surface area contributed by atoms with Gasteiger partial charge in [-0.05, 0) is 42.2 Å². The number of amides is 2. The third-order valence-electron chi connectivity index (χ3n) is 5.65. The molecule has 1 aliphatic rings. The predicted octanol–water partition coefficient (Wildman–Crippen LogP) is 5.11. The van der Waals surface area contributed by atoms with Gasteiger partial charge >= 0.3 is 0 Å². The van der Waals surface area contributed by atoms with Crippen molar-refractivity contribution in [1.82, 2.24) is 10.2 Å². The first kappa shape index (κ1) is 23.4. The number of carbonyl (C=O) groups excluding carboxylic acids is 2. The summed E-state index contributed by atoms with van der Waals surface area (Å²) < 4.78 is 5.36. The summed E-state index contributed by atoms with van der Waals surface area (Å²) in [5.74, 6) is -0.176. The molecule has 1 aliphatic carbocycles. The average molecular weight is 463 g/mol. The van der Waals surface area contributed by atoms with E-state index in [4.69, 9.17) is 27.9 Å². The van der Waals surface area contributed by atoms with Gasteiger partial charge in [-0.15, -0.1) is 11.6 Å². The Balaban J connectivity index is 1.98. The Morgan fingerprint density at radius 3 is 2.55 bits per heavy atom. The molecule has 1 atom stereocenters. The number of nitrogens with zero attached hydrogens (tertiary/aromatic N) is 1. The lowest BCUT2D eigenvalue weighted by Crippen LogP contribution is -2.47. The smallest absolute Gasteiger partial charge is 0.247 e. The standard InChI is InChI=1S/C24H28Cl2N2O3/c1-31-20-12-7-9-17(14-20)23(24(30)27-19-10-3-2-4-11-19)28(22(29)15-25)16-18-8-5-6-13-21(18)26/h5-9,12-14,19,23H,2-4,10-11,15-16H2,1H3,(H,27,30)/t23-/m0/s1. The van der Waals surface area contributed by atoms with E-state index in [0.717, 1.165) is 31.2 Å². The van der Waals surface area contributed by atoms with E-state index in [1.165, 1.54) is 11.3 Å². The fourth-order valence-corrected chi connectivity index (χ4v) is 4.37. The van der Waals surface area contributed by atoms with Crippen LogP contribution in [0.5, 0.6) is 5.75 Å². The second-order valence-electron chi connectivity index (χ2n) is 7.77. The Hall–Kier alpha value is -2.24. The van der Waals surface area contributed by atoms with Crippen molar-refractivity contribution in [3.63, 3.8) is 0 Å². The highest BCUT2D eigenvalue weighted by atomic mass is 35.5. The zero-order valence-electron chi connectivity index (χ0n) is 17.7. The Labute approximate surface area is 193 Å². The van der Waals surface area contributed by atoms with E-state index < -0.39 is 6.04 Å². The first-order chi connectivity index (χ1) is 15.0. The van der Waals surface area contributed by atoms with Crippen LogP contribution in [0, 0.1) is 0 Å². The van der Waals surface area contributed by atoms with Gasteiger partial charge in [-0.1, -0.05) is 61.2 Å². The molecule has 0 aliphatic heterocycles. The van der Waals surface area contributed by atoms with Crippen LogP contribution in [-0.4, -0.2) is 35.7 Å². The van der Waals surface area contributed by atoms with E-state index in [0.29, 0.717) is 16.3 Å². The molecule has 0 heterocycles. The second kappa shape index (κ2) is 11.4. The molecule has 31 heavy (non-hydrogen) atoms. The topological polar surface area (TPSA) is 58.6 Å². The summed E-state index contributed by atoms with van der Waals surface area (Å²) in [7, 11) is 1.57. The van der Waals surface area contributed by atoms with Crippen LogP contribution in [0.2, 0.25) is 5.02 Å². The Kier molecular flexibility index (Phi) is 8.61. The van der Waals surface area contributed by atoms with Gasteiger partial charge in [-0.2, -0.15) is 0 Å². The Morgan fingerprint density at radius 2 is 1.87 bits per heavy atom. The predicted molar refractivity (Wildman–Crippen MR) is 123 cm³/mol. The van der Waals surface area contributed by atoms with Crippen LogP contribution in [0.1, 0.15) is 49.3 Å². The summed E-state index contributed by atoms with van der Waals surface area (Å²) in [5.41, 5.74) is 1.42. The first-order valence-corrected chi connectivity index (χ1v) is 11.5. The molecule has 0 unspecified atom stereocenters. The van der Waals surface area contributed by atoms with Crippen molar-refractivity contribution in [2.75, 3.05) is 13.0 Å². The SMILES string of the molecule is COc1cccc([C@@H](C(=O)NC2CCCCC2)N(Cc2ccccc2Cl)C(=O)CCl)c1. The molecule has 2 amide bonds. The number of halogens is 2. The fourth-order valence-electron chi connectivity index (χ4n) is 4.02. The summed E-state index contributed by atoms with van der Waals surface area (Å²) >= 11 is 12.3. The van der Waals surface area contributed by atoms with Crippen molar-refractivity contribution in [3.8, 4) is 5.75 Å². The minimum Gasteiger partial charge on any atom is -0.497 e. The molecule has 0 radical (unpaired) electrons. The van der Waals surface area contributed by atoms with Gasteiger partial charge in [0.1, 0.15) is 17.7 Å². The Morgan fingerprint density at radius 1 is 1.13 bits per heavy atom. The van der Waals surface area contributed by atoms with Gasteiger partial charge in [-0.3, -0.25) is 9.59 Å². The number of nitrogens with one attached hydrogen (secondary N) is 1. The van der Waals surface area contributed by atoms with Crippen molar-refractivity contribution in [2.24, 2.45) is 0 Å². The highest BCUT2D eigenvalue weighted by molar-refractivity contribution is 6.31. The number of methoxy groups -OCH3 is 1. The number of rotatable bonds is 8. The van der Waals surface area contributed by atoms with Gasteiger partial charge < -0.3 is 15.0 Å². The molecule has 1 N–H and O–H groups in total. The van der Waals surface area contributed by atoms with Crippen LogP contribution in [0.3, 0.4) is 0 Å². The van der Waals surface area contributed by atoms with E-state index >= 15 is 0 Å². The number of alkyl halides is 1. The highest BCUT2D eigenvalue weighted by Crippen LogP contribution is 2.29. The molecule has 7 heteroatoms. The summed E-state index contributed by atoms with van der Waals surface area (Å²) in [6.07, 6.45) is 5.28. The van der Waals surface area contributed by atoms with E-state index in [1.54, 1.807) is 25.3 Å². The minimum absolute atomic E-state index is 0.114. The molecule has 1 saturated carbocycles. The number of ether oxygens (including phenoxy) is 1. The molecule has 166 valence electrons. The number of carbonyl (C=O) groups is 2. The molecule has 0 bridgehead atoms. The maximum Gasteiger partial charge on any atom is 0.247 e. The van der Waals surface area contributed by atoms with Crippen molar-refractivity contribution in [1.29, 1.82) is 0 Å². The van der Waals surface area contributed by atoms with Crippen LogP contribution in [0.25, 0.3) is 0 Å². The molecule has 5 nitrogen and oxygen atoms in total. The largest absolute Gasteiger partial charge is 0.497 e. The van der Waals surface area contributed by atoms with E-state index in [-0.39, 0.29) is 30.3 Å². The monoisotopic (exact) mass is 462 g/mol. The minimum atomic E-state index is -0.848. The van der Waals surface area contributed by atoms with E-state index in [1.807, 2.05) is 30.3 Å². The quantitative estimate of drug-likeness (QED) is 0.554. The average Bonchev–Trinajstić information content (AvgIpc) is 2.80. The summed E-state index contributed by atoms with van der Waals surface area (Å²) in [5, 5.41) is 3.70.